The van der Waals surface area contributed by atoms with Crippen molar-refractivity contribution in [3.8, 4) is 0 Å². The van der Waals surface area contributed by atoms with Crippen molar-refractivity contribution in [3.63, 3.8) is 0 Å². The van der Waals surface area contributed by atoms with E-state index in [9.17, 15) is 15.0 Å². The third kappa shape index (κ3) is 4.13. The molecule has 17 heavy (non-hydrogen) atoms. The van der Waals surface area contributed by atoms with E-state index in [-0.39, 0.29) is 5.57 Å². The molecule has 0 aromatic rings. The lowest BCUT2D eigenvalue weighted by Crippen LogP contribution is -2.50. The van der Waals surface area contributed by atoms with Crippen LogP contribution in [0.1, 0.15) is 53.4 Å². The molecule has 0 fully saturated rings. The summed E-state index contributed by atoms with van der Waals surface area (Å²) in [5, 5.41) is 19.9. The fourth-order valence-electron chi connectivity index (χ4n) is 1.48. The van der Waals surface area contributed by atoms with Gasteiger partial charge in [-0.2, -0.15) is 0 Å². The standard InChI is InChI=1S/C13H24O4/c1-6-8-9-12(5,7-2)13(15,16)17-11(14)10(3)4/h15-16H,3,6-9H2,1-2,4-5H3. The maximum atomic E-state index is 11.4. The van der Waals surface area contributed by atoms with Crippen LogP contribution in [0.3, 0.4) is 0 Å². The van der Waals surface area contributed by atoms with E-state index in [2.05, 4.69) is 6.58 Å². The second kappa shape index (κ2) is 6.17. The number of carbonyl (C=O) groups excluding carboxylic acids is 1. The Morgan fingerprint density at radius 1 is 1.35 bits per heavy atom. The molecule has 0 aliphatic rings. The monoisotopic (exact) mass is 244 g/mol. The van der Waals surface area contributed by atoms with Crippen molar-refractivity contribution in [3.05, 3.63) is 12.2 Å². The van der Waals surface area contributed by atoms with Crippen molar-refractivity contribution in [2.45, 2.75) is 59.4 Å². The molecule has 0 bridgehead atoms. The summed E-state index contributed by atoms with van der Waals surface area (Å²) < 4.78 is 4.73. The Balaban J connectivity index is 4.84. The first-order valence-corrected chi connectivity index (χ1v) is 6.03. The SMILES string of the molecule is C=C(C)C(=O)OC(O)(O)C(C)(CC)CCCC. The van der Waals surface area contributed by atoms with Crippen LogP contribution in [0, 0.1) is 5.41 Å². The molecule has 2 N–H and O–H groups in total. The number of ether oxygens (including phenoxy) is 1. The summed E-state index contributed by atoms with van der Waals surface area (Å²) in [5.41, 5.74) is -0.722. The molecule has 0 saturated carbocycles. The van der Waals surface area contributed by atoms with Crippen molar-refractivity contribution in [2.75, 3.05) is 0 Å². The summed E-state index contributed by atoms with van der Waals surface area (Å²) in [6.45, 7) is 10.4. The van der Waals surface area contributed by atoms with Crippen molar-refractivity contribution >= 4 is 5.97 Å². The molecule has 0 amide bonds. The lowest BCUT2D eigenvalue weighted by molar-refractivity contribution is -0.374. The van der Waals surface area contributed by atoms with Gasteiger partial charge in [0.05, 0.1) is 5.41 Å². The average Bonchev–Trinajstić information content (AvgIpc) is 2.24. The van der Waals surface area contributed by atoms with E-state index in [1.165, 1.54) is 6.92 Å². The summed E-state index contributed by atoms with van der Waals surface area (Å²) in [6, 6.07) is 0. The highest BCUT2D eigenvalue weighted by atomic mass is 16.8. The van der Waals surface area contributed by atoms with Gasteiger partial charge in [-0.15, -0.1) is 0 Å². The van der Waals surface area contributed by atoms with Gasteiger partial charge >= 0.3 is 11.9 Å². The Morgan fingerprint density at radius 2 is 1.88 bits per heavy atom. The van der Waals surface area contributed by atoms with Crippen LogP contribution in [0.4, 0.5) is 0 Å². The van der Waals surface area contributed by atoms with Crippen LogP contribution in [-0.2, 0) is 9.53 Å². The summed E-state index contributed by atoms with van der Waals surface area (Å²) in [6.07, 6.45) is 2.87. The smallest absolute Gasteiger partial charge is 0.337 e. The van der Waals surface area contributed by atoms with Gasteiger partial charge in [-0.3, -0.25) is 0 Å². The predicted molar refractivity (Wildman–Crippen MR) is 66.0 cm³/mol. The quantitative estimate of drug-likeness (QED) is 0.410. The zero-order valence-electron chi connectivity index (χ0n) is 11.2. The highest BCUT2D eigenvalue weighted by Gasteiger charge is 2.47. The molecule has 0 saturated heterocycles. The van der Waals surface area contributed by atoms with Crippen molar-refractivity contribution < 1.29 is 19.7 Å². The Morgan fingerprint density at radius 3 is 2.24 bits per heavy atom. The molecule has 0 aliphatic heterocycles. The third-order valence-electron chi connectivity index (χ3n) is 3.23. The van der Waals surface area contributed by atoms with Gasteiger partial charge in [0.2, 0.25) is 0 Å². The molecule has 4 heteroatoms. The van der Waals surface area contributed by atoms with Gasteiger partial charge < -0.3 is 14.9 Å². The van der Waals surface area contributed by atoms with Crippen LogP contribution in [-0.4, -0.2) is 22.2 Å². The number of hydrogen-bond acceptors (Lipinski definition) is 4. The molecule has 1 unspecified atom stereocenters. The maximum absolute atomic E-state index is 11.4. The van der Waals surface area contributed by atoms with Crippen LogP contribution in [0.25, 0.3) is 0 Å². The van der Waals surface area contributed by atoms with Gasteiger partial charge in [-0.1, -0.05) is 40.2 Å². The van der Waals surface area contributed by atoms with Gasteiger partial charge in [0.1, 0.15) is 0 Å². The Labute approximate surface area is 103 Å². The molecular formula is C13H24O4. The van der Waals surface area contributed by atoms with Crippen LogP contribution >= 0.6 is 0 Å². The molecule has 0 spiro atoms. The minimum atomic E-state index is -2.45. The maximum Gasteiger partial charge on any atom is 0.337 e. The lowest BCUT2D eigenvalue weighted by Gasteiger charge is -2.39. The second-order valence-corrected chi connectivity index (χ2v) is 4.80. The van der Waals surface area contributed by atoms with Crippen molar-refractivity contribution in [2.24, 2.45) is 5.41 Å². The van der Waals surface area contributed by atoms with E-state index in [1.807, 2.05) is 13.8 Å². The highest BCUT2D eigenvalue weighted by molar-refractivity contribution is 5.87. The fourth-order valence-corrected chi connectivity index (χ4v) is 1.48. The van der Waals surface area contributed by atoms with Gasteiger partial charge in [-0.25, -0.2) is 4.79 Å². The molecule has 4 nitrogen and oxygen atoms in total. The van der Waals surface area contributed by atoms with E-state index in [0.29, 0.717) is 12.8 Å². The Hall–Kier alpha value is -0.870. The zero-order chi connectivity index (χ0) is 13.7. The van der Waals surface area contributed by atoms with Crippen LogP contribution in [0.15, 0.2) is 12.2 Å². The molecule has 0 rings (SSSR count). The summed E-state index contributed by atoms with van der Waals surface area (Å²) >= 11 is 0. The topological polar surface area (TPSA) is 66.8 Å². The number of aliphatic hydroxyl groups is 2. The van der Waals surface area contributed by atoms with Crippen molar-refractivity contribution in [1.29, 1.82) is 0 Å². The molecule has 1 atom stereocenters. The van der Waals surface area contributed by atoms with Crippen LogP contribution in [0.5, 0.6) is 0 Å². The minimum Gasteiger partial charge on any atom is -0.404 e. The number of hydrogen-bond donors (Lipinski definition) is 2. The van der Waals surface area contributed by atoms with E-state index < -0.39 is 17.4 Å². The minimum absolute atomic E-state index is 0.145. The summed E-state index contributed by atoms with van der Waals surface area (Å²) in [7, 11) is 0. The Bertz CT molecular complexity index is 283. The molecular weight excluding hydrogens is 220 g/mol. The molecule has 0 aliphatic carbocycles. The number of rotatable bonds is 7. The number of esters is 1. The van der Waals surface area contributed by atoms with Crippen LogP contribution < -0.4 is 0 Å². The molecule has 0 heterocycles. The molecule has 0 radical (unpaired) electrons. The average molecular weight is 244 g/mol. The second-order valence-electron chi connectivity index (χ2n) is 4.80. The predicted octanol–water partition coefficient (Wildman–Crippen LogP) is 2.35. The van der Waals surface area contributed by atoms with Gasteiger partial charge in [-0.05, 0) is 19.8 Å². The van der Waals surface area contributed by atoms with Gasteiger partial charge in [0.25, 0.3) is 0 Å². The first kappa shape index (κ1) is 16.1. The van der Waals surface area contributed by atoms with Gasteiger partial charge in [0, 0.05) is 5.57 Å². The largest absolute Gasteiger partial charge is 0.404 e. The zero-order valence-corrected chi connectivity index (χ0v) is 11.2. The Kier molecular flexibility index (Phi) is 5.85. The van der Waals surface area contributed by atoms with E-state index >= 15 is 0 Å². The van der Waals surface area contributed by atoms with Crippen LogP contribution in [0.2, 0.25) is 0 Å². The van der Waals surface area contributed by atoms with Crippen molar-refractivity contribution in [1.82, 2.24) is 0 Å². The first-order chi connectivity index (χ1) is 7.70. The lowest BCUT2D eigenvalue weighted by atomic mass is 9.79. The number of carbonyl (C=O) groups is 1. The van der Waals surface area contributed by atoms with Gasteiger partial charge in [0.15, 0.2) is 0 Å². The fraction of sp³-hybridized carbons (Fsp3) is 0.769. The van der Waals surface area contributed by atoms with E-state index in [4.69, 9.17) is 4.74 Å². The van der Waals surface area contributed by atoms with E-state index in [0.717, 1.165) is 12.8 Å². The number of unbranched alkanes of at least 4 members (excludes halogenated alkanes) is 1. The molecule has 0 aromatic heterocycles. The third-order valence-corrected chi connectivity index (χ3v) is 3.23. The first-order valence-electron chi connectivity index (χ1n) is 6.03. The molecule has 0 aromatic carbocycles. The summed E-state index contributed by atoms with van der Waals surface area (Å²) in [4.78, 5) is 11.4. The summed E-state index contributed by atoms with van der Waals surface area (Å²) in [5.74, 6) is -3.24. The normalized spacial score (nSPS) is 15.2. The highest BCUT2D eigenvalue weighted by Crippen LogP contribution is 2.39. The molecule has 100 valence electrons. The van der Waals surface area contributed by atoms with E-state index in [1.54, 1.807) is 6.92 Å².